The lowest BCUT2D eigenvalue weighted by Crippen LogP contribution is -1.97. The first kappa shape index (κ1) is 6.65. The van der Waals surface area contributed by atoms with Gasteiger partial charge in [-0.05, 0) is 37.3 Å². The third-order valence-electron chi connectivity index (χ3n) is 2.21. The highest BCUT2D eigenvalue weighted by Crippen LogP contribution is 2.43. The minimum atomic E-state index is 0.712. The van der Waals surface area contributed by atoms with Gasteiger partial charge in [0.05, 0.1) is 0 Å². The maximum Gasteiger partial charge on any atom is 0.0427 e. The largest absolute Gasteiger partial charge is 0.398 e. The Balaban J connectivity index is 2.48. The molecule has 1 aromatic heterocycles. The maximum absolute atomic E-state index is 5.82. The molecule has 1 fully saturated rings. The number of nitrogens with zero attached hydrogens (tertiary/aromatic N) is 1. The zero-order valence-corrected chi connectivity index (χ0v) is 6.67. The zero-order valence-electron chi connectivity index (χ0n) is 6.67. The fraction of sp³-hybridized carbons (Fsp3) is 0.444. The van der Waals surface area contributed by atoms with Crippen LogP contribution >= 0.6 is 0 Å². The summed E-state index contributed by atoms with van der Waals surface area (Å²) in [7, 11) is 0. The van der Waals surface area contributed by atoms with Crippen LogP contribution in [0.25, 0.3) is 0 Å². The number of hydrogen-bond acceptors (Lipinski definition) is 2. The van der Waals surface area contributed by atoms with Gasteiger partial charge in [-0.3, -0.25) is 4.98 Å². The molecule has 0 spiro atoms. The third-order valence-corrected chi connectivity index (χ3v) is 2.21. The fourth-order valence-electron chi connectivity index (χ4n) is 1.50. The Morgan fingerprint density at radius 1 is 1.55 bits per heavy atom. The molecular formula is C9H12N2. The summed E-state index contributed by atoms with van der Waals surface area (Å²) in [6.07, 6.45) is 4.35. The van der Waals surface area contributed by atoms with Crippen LogP contribution in [-0.2, 0) is 0 Å². The smallest absolute Gasteiger partial charge is 0.0427 e. The van der Waals surface area contributed by atoms with Gasteiger partial charge < -0.3 is 5.73 Å². The van der Waals surface area contributed by atoms with Crippen LogP contribution in [-0.4, -0.2) is 4.98 Å². The molecule has 0 aromatic carbocycles. The molecule has 2 nitrogen and oxygen atoms in total. The van der Waals surface area contributed by atoms with Crippen molar-refractivity contribution in [3.8, 4) is 0 Å². The van der Waals surface area contributed by atoms with Crippen molar-refractivity contribution in [3.05, 3.63) is 23.5 Å². The lowest BCUT2D eigenvalue weighted by atomic mass is 10.1. The molecule has 0 saturated heterocycles. The normalized spacial score (nSPS) is 16.8. The maximum atomic E-state index is 5.82. The molecule has 1 heterocycles. The van der Waals surface area contributed by atoms with Crippen molar-refractivity contribution in [2.24, 2.45) is 0 Å². The Morgan fingerprint density at radius 2 is 2.27 bits per heavy atom. The molecular weight excluding hydrogens is 136 g/mol. The van der Waals surface area contributed by atoms with Crippen molar-refractivity contribution in [2.75, 3.05) is 5.73 Å². The average Bonchev–Trinajstić information content (AvgIpc) is 2.70. The van der Waals surface area contributed by atoms with E-state index in [1.165, 1.54) is 18.4 Å². The van der Waals surface area contributed by atoms with Gasteiger partial charge in [-0.15, -0.1) is 0 Å². The van der Waals surface area contributed by atoms with Gasteiger partial charge in [-0.2, -0.15) is 0 Å². The second kappa shape index (κ2) is 2.22. The molecule has 2 heteroatoms. The van der Waals surface area contributed by atoms with E-state index in [4.69, 9.17) is 5.73 Å². The summed E-state index contributed by atoms with van der Waals surface area (Å²) in [6.45, 7) is 2.03. The van der Waals surface area contributed by atoms with Crippen LogP contribution in [0.15, 0.2) is 12.3 Å². The molecule has 0 radical (unpaired) electrons. The Hall–Kier alpha value is -1.05. The fourth-order valence-corrected chi connectivity index (χ4v) is 1.50. The quantitative estimate of drug-likeness (QED) is 0.660. The number of hydrogen-bond donors (Lipinski definition) is 1. The summed E-state index contributed by atoms with van der Waals surface area (Å²) in [4.78, 5) is 4.22. The molecule has 1 aliphatic carbocycles. The molecule has 1 saturated carbocycles. The monoisotopic (exact) mass is 148 g/mol. The molecule has 1 aromatic rings. The van der Waals surface area contributed by atoms with Crippen LogP contribution < -0.4 is 5.73 Å². The van der Waals surface area contributed by atoms with Gasteiger partial charge in [0.25, 0.3) is 0 Å². The summed E-state index contributed by atoms with van der Waals surface area (Å²) in [5.74, 6) is 0.712. The summed E-state index contributed by atoms with van der Waals surface area (Å²) in [5.41, 5.74) is 9.13. The minimum absolute atomic E-state index is 0.712. The van der Waals surface area contributed by atoms with Crippen LogP contribution in [0, 0.1) is 6.92 Å². The van der Waals surface area contributed by atoms with E-state index in [0.717, 1.165) is 11.4 Å². The van der Waals surface area contributed by atoms with Gasteiger partial charge in [-0.1, -0.05) is 0 Å². The lowest BCUT2D eigenvalue weighted by Gasteiger charge is -2.05. The van der Waals surface area contributed by atoms with E-state index in [1.807, 2.05) is 13.0 Å². The van der Waals surface area contributed by atoms with E-state index in [-0.39, 0.29) is 0 Å². The van der Waals surface area contributed by atoms with Gasteiger partial charge in [0.1, 0.15) is 0 Å². The number of aryl methyl sites for hydroxylation is 1. The van der Waals surface area contributed by atoms with Crippen LogP contribution in [0.3, 0.4) is 0 Å². The van der Waals surface area contributed by atoms with E-state index in [9.17, 15) is 0 Å². The molecule has 2 N–H and O–H groups in total. The van der Waals surface area contributed by atoms with Crippen molar-refractivity contribution in [2.45, 2.75) is 25.7 Å². The molecule has 0 aliphatic heterocycles. The predicted octanol–water partition coefficient (Wildman–Crippen LogP) is 1.85. The molecule has 58 valence electrons. The number of aromatic nitrogens is 1. The standard InChI is InChI=1S/C9H12N2/c1-6-9(7-2-3-7)8(10)4-5-11-6/h4-5,7H,2-3H2,1H3,(H2,10,11). The van der Waals surface area contributed by atoms with Gasteiger partial charge in [0.15, 0.2) is 0 Å². The van der Waals surface area contributed by atoms with Gasteiger partial charge in [-0.25, -0.2) is 0 Å². The summed E-state index contributed by atoms with van der Waals surface area (Å²) < 4.78 is 0. The van der Waals surface area contributed by atoms with Crippen molar-refractivity contribution >= 4 is 5.69 Å². The Morgan fingerprint density at radius 3 is 2.82 bits per heavy atom. The van der Waals surface area contributed by atoms with E-state index < -0.39 is 0 Å². The average molecular weight is 148 g/mol. The molecule has 1 aliphatic rings. The number of nitrogens with two attached hydrogens (primary N) is 1. The highest BCUT2D eigenvalue weighted by atomic mass is 14.7. The summed E-state index contributed by atoms with van der Waals surface area (Å²) >= 11 is 0. The topological polar surface area (TPSA) is 38.9 Å². The van der Waals surface area contributed by atoms with Crippen LogP contribution in [0.2, 0.25) is 0 Å². The molecule has 0 unspecified atom stereocenters. The van der Waals surface area contributed by atoms with Crippen molar-refractivity contribution in [3.63, 3.8) is 0 Å². The Bertz CT molecular complexity index is 257. The SMILES string of the molecule is Cc1nccc(N)c1C1CC1. The molecule has 11 heavy (non-hydrogen) atoms. The van der Waals surface area contributed by atoms with Gasteiger partial charge >= 0.3 is 0 Å². The Labute approximate surface area is 66.4 Å². The first-order chi connectivity index (χ1) is 5.29. The van der Waals surface area contributed by atoms with Gasteiger partial charge in [0, 0.05) is 17.6 Å². The third kappa shape index (κ3) is 1.09. The highest BCUT2D eigenvalue weighted by molar-refractivity contribution is 5.51. The van der Waals surface area contributed by atoms with Crippen LogP contribution in [0.1, 0.15) is 30.0 Å². The first-order valence-electron chi connectivity index (χ1n) is 4.00. The number of pyridine rings is 1. The minimum Gasteiger partial charge on any atom is -0.398 e. The molecule has 2 rings (SSSR count). The van der Waals surface area contributed by atoms with E-state index in [0.29, 0.717) is 5.92 Å². The van der Waals surface area contributed by atoms with Crippen LogP contribution in [0.4, 0.5) is 5.69 Å². The number of nitrogen functional groups attached to an aromatic ring is 1. The molecule has 0 atom stereocenters. The first-order valence-corrected chi connectivity index (χ1v) is 4.00. The number of anilines is 1. The zero-order chi connectivity index (χ0) is 7.84. The van der Waals surface area contributed by atoms with Crippen LogP contribution in [0.5, 0.6) is 0 Å². The summed E-state index contributed by atoms with van der Waals surface area (Å²) in [5, 5.41) is 0. The predicted molar refractivity (Wildman–Crippen MR) is 45.4 cm³/mol. The lowest BCUT2D eigenvalue weighted by molar-refractivity contribution is 1.04. The second-order valence-corrected chi connectivity index (χ2v) is 3.17. The van der Waals surface area contributed by atoms with E-state index in [1.54, 1.807) is 6.20 Å². The highest BCUT2D eigenvalue weighted by Gasteiger charge is 2.27. The van der Waals surface area contributed by atoms with E-state index in [2.05, 4.69) is 4.98 Å². The molecule has 0 amide bonds. The van der Waals surface area contributed by atoms with Gasteiger partial charge in [0.2, 0.25) is 0 Å². The molecule has 0 bridgehead atoms. The second-order valence-electron chi connectivity index (χ2n) is 3.17. The van der Waals surface area contributed by atoms with E-state index >= 15 is 0 Å². The summed E-state index contributed by atoms with van der Waals surface area (Å²) in [6, 6.07) is 1.89. The van der Waals surface area contributed by atoms with Crippen molar-refractivity contribution < 1.29 is 0 Å². The van der Waals surface area contributed by atoms with Crippen molar-refractivity contribution in [1.82, 2.24) is 4.98 Å². The van der Waals surface area contributed by atoms with Crippen molar-refractivity contribution in [1.29, 1.82) is 0 Å². The number of rotatable bonds is 1. The Kier molecular flexibility index (Phi) is 1.34.